The quantitative estimate of drug-likeness (QED) is 0.553. The minimum absolute atomic E-state index is 0.123. The number of rotatable bonds is 4. The molecule has 1 atom stereocenters. The lowest BCUT2D eigenvalue weighted by atomic mass is 9.94. The highest BCUT2D eigenvalue weighted by Gasteiger charge is 2.49. The Morgan fingerprint density at radius 3 is 2.72 bits per heavy atom. The van der Waals surface area contributed by atoms with Gasteiger partial charge < -0.3 is 15.0 Å². The van der Waals surface area contributed by atoms with E-state index in [-0.39, 0.29) is 17.5 Å². The van der Waals surface area contributed by atoms with Gasteiger partial charge in [0.15, 0.2) is 6.10 Å². The van der Waals surface area contributed by atoms with E-state index in [4.69, 9.17) is 16.6 Å². The lowest BCUT2D eigenvalue weighted by molar-refractivity contribution is -0.141. The van der Waals surface area contributed by atoms with E-state index in [1.807, 2.05) is 12.1 Å². The summed E-state index contributed by atoms with van der Waals surface area (Å²) in [6.45, 7) is 0.515. The van der Waals surface area contributed by atoms with Gasteiger partial charge in [-0.3, -0.25) is 9.59 Å². The van der Waals surface area contributed by atoms with Crippen molar-refractivity contribution < 1.29 is 9.90 Å². The van der Waals surface area contributed by atoms with Gasteiger partial charge in [0.2, 0.25) is 0 Å². The molecule has 0 bridgehead atoms. The smallest absolute Gasteiger partial charge is 0.256 e. The summed E-state index contributed by atoms with van der Waals surface area (Å²) in [7, 11) is 0. The lowest BCUT2D eigenvalue weighted by Crippen LogP contribution is -2.42. The minimum atomic E-state index is -1.33. The van der Waals surface area contributed by atoms with E-state index in [1.165, 1.54) is 4.90 Å². The fraction of sp³-hybridized carbons (Fsp3) is 0.292. The molecule has 32 heavy (non-hydrogen) atoms. The summed E-state index contributed by atoms with van der Waals surface area (Å²) in [5.41, 5.74) is 2.30. The highest BCUT2D eigenvalue weighted by atomic mass is 79.9. The first kappa shape index (κ1) is 21.4. The van der Waals surface area contributed by atoms with Gasteiger partial charge >= 0.3 is 0 Å². The summed E-state index contributed by atoms with van der Waals surface area (Å²) < 4.78 is 0.994. The standard InChI is InChI=1S/C24H21BrClN3O3/c25-16-5-2-4-15(12-16)24(8-9-24)23-27-19-7-10-29(13-18(19)21(31)28-23)22(32)20(30)14-3-1-6-17(26)11-14/h1-6,11-12,20,30H,7-10,13H2,(H,27,28,31)/t20-/m1/s1. The zero-order chi connectivity index (χ0) is 22.5. The molecule has 0 unspecified atom stereocenters. The highest BCUT2D eigenvalue weighted by molar-refractivity contribution is 9.10. The Bertz CT molecular complexity index is 1270. The number of aliphatic hydroxyl groups excluding tert-OH is 1. The van der Waals surface area contributed by atoms with Gasteiger partial charge in [0.05, 0.1) is 23.2 Å². The van der Waals surface area contributed by atoms with Crippen molar-refractivity contribution in [3.05, 3.63) is 96.6 Å². The number of fused-ring (bicyclic) bond motifs is 1. The van der Waals surface area contributed by atoms with Crippen molar-refractivity contribution in [2.45, 2.75) is 37.3 Å². The van der Waals surface area contributed by atoms with Crippen molar-refractivity contribution in [2.75, 3.05) is 6.54 Å². The van der Waals surface area contributed by atoms with Crippen LogP contribution in [0.15, 0.2) is 57.8 Å². The average molecular weight is 515 g/mol. The monoisotopic (exact) mass is 513 g/mol. The molecule has 2 aromatic carbocycles. The number of aliphatic hydroxyl groups is 1. The highest BCUT2D eigenvalue weighted by Crippen LogP contribution is 2.52. The third-order valence-corrected chi connectivity index (χ3v) is 7.09. The second-order valence-corrected chi connectivity index (χ2v) is 9.75. The van der Waals surface area contributed by atoms with Crippen molar-refractivity contribution in [2.24, 2.45) is 0 Å². The molecule has 164 valence electrons. The molecule has 1 fully saturated rings. The Hall–Kier alpha value is -2.48. The topological polar surface area (TPSA) is 86.3 Å². The fourth-order valence-corrected chi connectivity index (χ4v) is 5.00. The number of halogens is 2. The molecule has 0 radical (unpaired) electrons. The summed E-state index contributed by atoms with van der Waals surface area (Å²) in [5.74, 6) is 0.243. The normalized spacial score (nSPS) is 17.5. The number of carbonyl (C=O) groups excluding carboxylic acids is 1. The first-order chi connectivity index (χ1) is 15.4. The summed E-state index contributed by atoms with van der Waals surface area (Å²) in [6, 6.07) is 14.7. The van der Waals surface area contributed by atoms with Crippen LogP contribution in [-0.4, -0.2) is 32.4 Å². The van der Waals surface area contributed by atoms with Gasteiger partial charge in [-0.25, -0.2) is 4.98 Å². The van der Waals surface area contributed by atoms with E-state index in [1.54, 1.807) is 24.3 Å². The van der Waals surface area contributed by atoms with E-state index in [0.717, 1.165) is 28.6 Å². The first-order valence-electron chi connectivity index (χ1n) is 10.5. The molecule has 1 aliphatic heterocycles. The molecule has 6 nitrogen and oxygen atoms in total. The Morgan fingerprint density at radius 1 is 1.22 bits per heavy atom. The van der Waals surface area contributed by atoms with Gasteiger partial charge in [-0.05, 0) is 48.2 Å². The maximum Gasteiger partial charge on any atom is 0.256 e. The summed E-state index contributed by atoms with van der Waals surface area (Å²) in [6.07, 6.45) is 1.01. The maximum atomic E-state index is 13.0. The van der Waals surface area contributed by atoms with Crippen molar-refractivity contribution in [3.8, 4) is 0 Å². The van der Waals surface area contributed by atoms with Crippen LogP contribution in [0.2, 0.25) is 5.02 Å². The van der Waals surface area contributed by atoms with Crippen molar-refractivity contribution in [3.63, 3.8) is 0 Å². The number of amides is 1. The van der Waals surface area contributed by atoms with Crippen molar-refractivity contribution >= 4 is 33.4 Å². The second kappa shape index (κ2) is 8.14. The van der Waals surface area contributed by atoms with Crippen molar-refractivity contribution in [1.82, 2.24) is 14.9 Å². The fourth-order valence-electron chi connectivity index (χ4n) is 4.41. The lowest BCUT2D eigenvalue weighted by Gasteiger charge is -2.30. The Labute approximate surface area is 198 Å². The Morgan fingerprint density at radius 2 is 2.00 bits per heavy atom. The van der Waals surface area contributed by atoms with Gasteiger partial charge in [-0.15, -0.1) is 0 Å². The first-order valence-corrected chi connectivity index (χ1v) is 11.7. The number of H-pyrrole nitrogens is 1. The van der Waals surface area contributed by atoms with Crippen LogP contribution in [0.4, 0.5) is 0 Å². The molecular weight excluding hydrogens is 494 g/mol. The number of nitrogens with zero attached hydrogens (tertiary/aromatic N) is 2. The van der Waals surface area contributed by atoms with Crippen molar-refractivity contribution in [1.29, 1.82) is 0 Å². The molecule has 2 heterocycles. The molecular formula is C24H21BrClN3O3. The van der Waals surface area contributed by atoms with E-state index in [0.29, 0.717) is 34.9 Å². The molecule has 0 saturated heterocycles. The summed E-state index contributed by atoms with van der Waals surface area (Å²) in [5, 5.41) is 11.0. The predicted molar refractivity (Wildman–Crippen MR) is 125 cm³/mol. The number of benzene rings is 2. The molecule has 1 aromatic heterocycles. The van der Waals surface area contributed by atoms with Crippen LogP contribution >= 0.6 is 27.5 Å². The van der Waals surface area contributed by atoms with Gasteiger partial charge in [-0.1, -0.05) is 51.8 Å². The van der Waals surface area contributed by atoms with Gasteiger partial charge in [0.25, 0.3) is 11.5 Å². The zero-order valence-electron chi connectivity index (χ0n) is 17.1. The van der Waals surface area contributed by atoms with E-state index in [9.17, 15) is 14.7 Å². The number of carbonyl (C=O) groups is 1. The van der Waals surface area contributed by atoms with Crippen LogP contribution in [0, 0.1) is 0 Å². The van der Waals surface area contributed by atoms with E-state index in [2.05, 4.69) is 33.0 Å². The van der Waals surface area contributed by atoms with E-state index >= 15 is 0 Å². The van der Waals surface area contributed by atoms with E-state index < -0.39 is 12.0 Å². The number of hydrogen-bond acceptors (Lipinski definition) is 4. The third-order valence-electron chi connectivity index (χ3n) is 6.36. The molecule has 2 N–H and O–H groups in total. The molecule has 5 rings (SSSR count). The maximum absolute atomic E-state index is 13.0. The number of hydrogen-bond donors (Lipinski definition) is 2. The summed E-state index contributed by atoms with van der Waals surface area (Å²) in [4.78, 5) is 35.2. The summed E-state index contributed by atoms with van der Waals surface area (Å²) >= 11 is 9.51. The Balaban J connectivity index is 1.41. The van der Waals surface area contributed by atoms with Crippen LogP contribution in [0.3, 0.4) is 0 Å². The van der Waals surface area contributed by atoms with Gasteiger partial charge in [-0.2, -0.15) is 0 Å². The molecule has 8 heteroatoms. The van der Waals surface area contributed by atoms with Crippen LogP contribution in [0.25, 0.3) is 0 Å². The van der Waals surface area contributed by atoms with Crippen LogP contribution in [-0.2, 0) is 23.2 Å². The SMILES string of the molecule is O=C([C@H](O)c1cccc(Cl)c1)N1CCc2nc(C3(c4cccc(Br)c4)CC3)[nH]c(=O)c2C1. The van der Waals surface area contributed by atoms with Crippen LogP contribution < -0.4 is 5.56 Å². The molecule has 1 amide bonds. The number of aromatic amines is 1. The zero-order valence-corrected chi connectivity index (χ0v) is 19.5. The molecule has 0 spiro atoms. The largest absolute Gasteiger partial charge is 0.378 e. The van der Waals surface area contributed by atoms with Gasteiger partial charge in [0, 0.05) is 22.5 Å². The predicted octanol–water partition coefficient (Wildman–Crippen LogP) is 3.88. The minimum Gasteiger partial charge on any atom is -0.378 e. The average Bonchev–Trinajstić information content (AvgIpc) is 3.60. The second-order valence-electron chi connectivity index (χ2n) is 8.40. The van der Waals surface area contributed by atoms with Crippen LogP contribution in [0.1, 0.15) is 47.2 Å². The molecule has 1 saturated carbocycles. The molecule has 2 aliphatic rings. The molecule has 3 aromatic rings. The molecule has 1 aliphatic carbocycles. The van der Waals surface area contributed by atoms with Crippen LogP contribution in [0.5, 0.6) is 0 Å². The number of aromatic nitrogens is 2. The van der Waals surface area contributed by atoms with Gasteiger partial charge in [0.1, 0.15) is 5.82 Å². The number of nitrogens with one attached hydrogen (secondary N) is 1. The third kappa shape index (κ3) is 3.78. The Kier molecular flexibility index (Phi) is 5.43.